The lowest BCUT2D eigenvalue weighted by Crippen LogP contribution is -2.27. The van der Waals surface area contributed by atoms with Crippen molar-refractivity contribution in [3.63, 3.8) is 0 Å². The van der Waals surface area contributed by atoms with Gasteiger partial charge in [-0.1, -0.05) is 36.4 Å². The van der Waals surface area contributed by atoms with E-state index < -0.39 is 6.10 Å². The summed E-state index contributed by atoms with van der Waals surface area (Å²) in [6.45, 7) is 2.66. The van der Waals surface area contributed by atoms with E-state index in [2.05, 4.69) is 5.32 Å². The van der Waals surface area contributed by atoms with Crippen LogP contribution in [0.25, 0.3) is 0 Å². The van der Waals surface area contributed by atoms with Crippen molar-refractivity contribution in [1.82, 2.24) is 5.32 Å². The molecule has 2 aromatic rings. The van der Waals surface area contributed by atoms with E-state index in [1.165, 1.54) is 7.11 Å². The fourth-order valence-corrected chi connectivity index (χ4v) is 2.37. The molecule has 0 saturated heterocycles. The van der Waals surface area contributed by atoms with E-state index in [9.17, 15) is 10.2 Å². The number of aliphatic hydroxyl groups is 1. The van der Waals surface area contributed by atoms with Gasteiger partial charge in [0, 0.05) is 12.6 Å². The molecular weight excluding hydrogens is 278 g/mol. The molecule has 0 amide bonds. The number of hydrogen-bond acceptors (Lipinski definition) is 4. The Hall–Kier alpha value is -2.04. The molecule has 0 aliphatic heterocycles. The van der Waals surface area contributed by atoms with Gasteiger partial charge in [-0.15, -0.1) is 0 Å². The maximum Gasteiger partial charge on any atom is 0.160 e. The van der Waals surface area contributed by atoms with Gasteiger partial charge < -0.3 is 20.3 Å². The molecule has 2 rings (SSSR count). The van der Waals surface area contributed by atoms with Crippen LogP contribution >= 0.6 is 0 Å². The average Bonchev–Trinajstić information content (AvgIpc) is 2.54. The first-order chi connectivity index (χ1) is 10.6. The fraction of sp³-hybridized carbons (Fsp3) is 0.333. The molecule has 0 aliphatic carbocycles. The second-order valence-corrected chi connectivity index (χ2v) is 5.45. The van der Waals surface area contributed by atoms with Gasteiger partial charge in [0.15, 0.2) is 11.5 Å². The number of phenolic OH excluding ortho intramolecular Hbond substituents is 1. The summed E-state index contributed by atoms with van der Waals surface area (Å²) in [6, 6.07) is 15.1. The predicted molar refractivity (Wildman–Crippen MR) is 87.0 cm³/mol. The Kier molecular flexibility index (Phi) is 5.81. The maximum absolute atomic E-state index is 10.2. The minimum absolute atomic E-state index is 0.138. The van der Waals surface area contributed by atoms with Gasteiger partial charge in [-0.2, -0.15) is 0 Å². The Morgan fingerprint density at radius 2 is 1.86 bits per heavy atom. The zero-order chi connectivity index (χ0) is 15.9. The van der Waals surface area contributed by atoms with Crippen LogP contribution in [-0.2, 0) is 6.54 Å². The van der Waals surface area contributed by atoms with E-state index in [0.29, 0.717) is 18.7 Å². The minimum atomic E-state index is -0.479. The van der Waals surface area contributed by atoms with Crippen LogP contribution in [-0.4, -0.2) is 23.4 Å². The largest absolute Gasteiger partial charge is 0.504 e. The van der Waals surface area contributed by atoms with Crippen LogP contribution in [0.5, 0.6) is 11.5 Å². The third kappa shape index (κ3) is 4.48. The van der Waals surface area contributed by atoms with Gasteiger partial charge in [0.05, 0.1) is 13.2 Å². The smallest absolute Gasteiger partial charge is 0.160 e. The Morgan fingerprint density at radius 1 is 1.14 bits per heavy atom. The molecule has 0 spiro atoms. The predicted octanol–water partition coefficient (Wildman–Crippen LogP) is 3.00. The van der Waals surface area contributed by atoms with Gasteiger partial charge >= 0.3 is 0 Å². The molecule has 118 valence electrons. The summed E-state index contributed by atoms with van der Waals surface area (Å²) in [6.07, 6.45) is 0.152. The third-order valence-electron chi connectivity index (χ3n) is 3.66. The SMILES string of the molecule is COc1ccc(CNC(C)CC(O)c2ccccc2)cc1O. The lowest BCUT2D eigenvalue weighted by Gasteiger charge is -2.18. The topological polar surface area (TPSA) is 61.7 Å². The van der Waals surface area contributed by atoms with Crippen LogP contribution in [0.3, 0.4) is 0 Å². The summed E-state index contributed by atoms with van der Waals surface area (Å²) < 4.78 is 5.02. The molecule has 0 fully saturated rings. The Labute approximate surface area is 131 Å². The van der Waals surface area contributed by atoms with E-state index in [4.69, 9.17) is 4.74 Å². The van der Waals surface area contributed by atoms with Crippen molar-refractivity contribution in [3.05, 3.63) is 59.7 Å². The number of methoxy groups -OCH3 is 1. The van der Waals surface area contributed by atoms with Crippen LogP contribution < -0.4 is 10.1 Å². The normalized spacial score (nSPS) is 13.6. The molecule has 0 radical (unpaired) electrons. The van der Waals surface area contributed by atoms with Crippen LogP contribution in [0.1, 0.15) is 30.6 Å². The van der Waals surface area contributed by atoms with Crippen molar-refractivity contribution in [3.8, 4) is 11.5 Å². The molecule has 0 heterocycles. The highest BCUT2D eigenvalue weighted by atomic mass is 16.5. The van der Waals surface area contributed by atoms with Crippen molar-refractivity contribution in [2.45, 2.75) is 32.0 Å². The molecule has 2 aromatic carbocycles. The minimum Gasteiger partial charge on any atom is -0.504 e. The molecular formula is C18H23NO3. The first-order valence-electron chi connectivity index (χ1n) is 7.42. The second-order valence-electron chi connectivity index (χ2n) is 5.45. The number of aromatic hydroxyl groups is 1. The van der Waals surface area contributed by atoms with Crippen LogP contribution in [0, 0.1) is 0 Å². The summed E-state index contributed by atoms with van der Waals surface area (Å²) in [4.78, 5) is 0. The molecule has 3 N–H and O–H groups in total. The van der Waals surface area contributed by atoms with E-state index in [1.54, 1.807) is 12.1 Å². The van der Waals surface area contributed by atoms with Gasteiger partial charge in [0.1, 0.15) is 0 Å². The number of nitrogens with one attached hydrogen (secondary N) is 1. The van der Waals surface area contributed by atoms with Crippen LogP contribution in [0.2, 0.25) is 0 Å². The average molecular weight is 301 g/mol. The van der Waals surface area contributed by atoms with Gasteiger partial charge in [0.25, 0.3) is 0 Å². The highest BCUT2D eigenvalue weighted by Crippen LogP contribution is 2.26. The third-order valence-corrected chi connectivity index (χ3v) is 3.66. The molecule has 0 aromatic heterocycles. The summed E-state index contributed by atoms with van der Waals surface area (Å²) in [5, 5.41) is 23.3. The number of benzene rings is 2. The standard InChI is InChI=1S/C18H23NO3/c1-13(10-16(20)15-6-4-3-5-7-15)19-12-14-8-9-18(22-2)17(21)11-14/h3-9,11,13,16,19-21H,10,12H2,1-2H3. The number of aliphatic hydroxyl groups excluding tert-OH is 1. The monoisotopic (exact) mass is 301 g/mol. The highest BCUT2D eigenvalue weighted by Gasteiger charge is 2.12. The maximum atomic E-state index is 10.2. The van der Waals surface area contributed by atoms with Crippen molar-refractivity contribution >= 4 is 0 Å². The van der Waals surface area contributed by atoms with Gasteiger partial charge in [-0.05, 0) is 36.6 Å². The van der Waals surface area contributed by atoms with Crippen molar-refractivity contribution in [2.75, 3.05) is 7.11 Å². The molecule has 22 heavy (non-hydrogen) atoms. The molecule has 0 bridgehead atoms. The lowest BCUT2D eigenvalue weighted by atomic mass is 10.0. The molecule has 0 saturated carbocycles. The number of phenols is 1. The van der Waals surface area contributed by atoms with E-state index >= 15 is 0 Å². The summed E-state index contributed by atoms with van der Waals surface area (Å²) >= 11 is 0. The Bertz CT molecular complexity index is 586. The summed E-state index contributed by atoms with van der Waals surface area (Å²) in [5.41, 5.74) is 1.90. The number of ether oxygens (including phenoxy) is 1. The zero-order valence-corrected chi connectivity index (χ0v) is 13.0. The van der Waals surface area contributed by atoms with Crippen LogP contribution in [0.4, 0.5) is 0 Å². The summed E-state index contributed by atoms with van der Waals surface area (Å²) in [5.74, 6) is 0.607. The Balaban J connectivity index is 1.85. The Morgan fingerprint density at radius 3 is 2.50 bits per heavy atom. The lowest BCUT2D eigenvalue weighted by molar-refractivity contribution is 0.154. The number of hydrogen-bond donors (Lipinski definition) is 3. The summed E-state index contributed by atoms with van der Waals surface area (Å²) in [7, 11) is 1.53. The van der Waals surface area contributed by atoms with E-state index in [1.807, 2.05) is 43.3 Å². The van der Waals surface area contributed by atoms with Gasteiger partial charge in [-0.3, -0.25) is 0 Å². The van der Waals surface area contributed by atoms with Crippen molar-refractivity contribution < 1.29 is 14.9 Å². The quantitative estimate of drug-likeness (QED) is 0.736. The molecule has 4 nitrogen and oxygen atoms in total. The number of rotatable bonds is 7. The van der Waals surface area contributed by atoms with E-state index in [0.717, 1.165) is 11.1 Å². The molecule has 4 heteroatoms. The zero-order valence-electron chi connectivity index (χ0n) is 13.0. The van der Waals surface area contributed by atoms with Gasteiger partial charge in [0.2, 0.25) is 0 Å². The molecule has 2 unspecified atom stereocenters. The first-order valence-corrected chi connectivity index (χ1v) is 7.42. The van der Waals surface area contributed by atoms with Crippen molar-refractivity contribution in [2.24, 2.45) is 0 Å². The highest BCUT2D eigenvalue weighted by molar-refractivity contribution is 5.41. The van der Waals surface area contributed by atoms with Gasteiger partial charge in [-0.25, -0.2) is 0 Å². The van der Waals surface area contributed by atoms with Crippen LogP contribution in [0.15, 0.2) is 48.5 Å². The molecule has 0 aliphatic rings. The van der Waals surface area contributed by atoms with E-state index in [-0.39, 0.29) is 11.8 Å². The first kappa shape index (κ1) is 16.3. The van der Waals surface area contributed by atoms with Crippen molar-refractivity contribution in [1.29, 1.82) is 0 Å². The fourth-order valence-electron chi connectivity index (χ4n) is 2.37. The second kappa shape index (κ2) is 7.82. The molecule has 2 atom stereocenters.